The number of benzene rings is 1. The van der Waals surface area contributed by atoms with E-state index in [1.807, 2.05) is 0 Å². The van der Waals surface area contributed by atoms with Crippen molar-refractivity contribution in [2.75, 3.05) is 0 Å². The van der Waals surface area contributed by atoms with E-state index in [9.17, 15) is 22.0 Å². The third-order valence-corrected chi connectivity index (χ3v) is 3.26. The lowest BCUT2D eigenvalue weighted by molar-refractivity contribution is -0.274. The Labute approximate surface area is 132 Å². The zero-order valence-electron chi connectivity index (χ0n) is 11.9. The molecule has 0 amide bonds. The van der Waals surface area contributed by atoms with Crippen LogP contribution in [-0.4, -0.2) is 16.3 Å². The van der Waals surface area contributed by atoms with Gasteiger partial charge in [-0.3, -0.25) is 9.97 Å². The molecule has 0 saturated carbocycles. The largest absolute Gasteiger partial charge is 0.573 e. The number of rotatable bonds is 3. The lowest BCUT2D eigenvalue weighted by atomic mass is 10.0. The van der Waals surface area contributed by atoms with Crippen LogP contribution in [0.5, 0.6) is 5.75 Å². The number of halogens is 5. The van der Waals surface area contributed by atoms with Crippen LogP contribution < -0.4 is 4.74 Å². The van der Waals surface area contributed by atoms with E-state index >= 15 is 0 Å². The number of alkyl halides is 5. The van der Waals surface area contributed by atoms with Crippen molar-refractivity contribution in [3.05, 3.63) is 54.4 Å². The zero-order valence-corrected chi connectivity index (χ0v) is 11.9. The van der Waals surface area contributed by atoms with Gasteiger partial charge in [0.1, 0.15) is 5.75 Å². The Balaban J connectivity index is 2.14. The second kappa shape index (κ2) is 6.03. The predicted octanol–water partition coefficient (Wildman–Crippen LogP) is 5.13. The number of pyridine rings is 2. The second-order valence-electron chi connectivity index (χ2n) is 4.86. The van der Waals surface area contributed by atoms with Crippen LogP contribution in [0.3, 0.4) is 0 Å². The minimum atomic E-state index is -4.83. The van der Waals surface area contributed by atoms with Gasteiger partial charge in [0.2, 0.25) is 0 Å². The van der Waals surface area contributed by atoms with E-state index in [1.54, 1.807) is 0 Å². The van der Waals surface area contributed by atoms with Gasteiger partial charge in [0, 0.05) is 28.9 Å². The van der Waals surface area contributed by atoms with E-state index in [0.717, 1.165) is 12.1 Å². The van der Waals surface area contributed by atoms with Crippen molar-refractivity contribution in [2.24, 2.45) is 0 Å². The minimum absolute atomic E-state index is 0.212. The smallest absolute Gasteiger partial charge is 0.406 e. The average Bonchev–Trinajstić information content (AvgIpc) is 2.53. The van der Waals surface area contributed by atoms with Crippen LogP contribution in [0.2, 0.25) is 0 Å². The summed E-state index contributed by atoms with van der Waals surface area (Å²) in [5.74, 6) is -0.422. The monoisotopic (exact) mass is 340 g/mol. The van der Waals surface area contributed by atoms with Gasteiger partial charge in [0.25, 0.3) is 6.43 Å². The van der Waals surface area contributed by atoms with Crippen molar-refractivity contribution < 1.29 is 26.7 Å². The molecule has 3 rings (SSSR count). The molecule has 0 aliphatic heterocycles. The normalized spacial score (nSPS) is 11.9. The maximum absolute atomic E-state index is 12.8. The van der Waals surface area contributed by atoms with Gasteiger partial charge in [-0.15, -0.1) is 13.2 Å². The highest BCUT2D eigenvalue weighted by Crippen LogP contribution is 2.32. The number of fused-ring (bicyclic) bond motifs is 1. The molecule has 1 aromatic carbocycles. The first kappa shape index (κ1) is 16.1. The van der Waals surface area contributed by atoms with E-state index in [2.05, 4.69) is 14.7 Å². The second-order valence-corrected chi connectivity index (χ2v) is 4.86. The Morgan fingerprint density at radius 2 is 1.67 bits per heavy atom. The Morgan fingerprint density at radius 1 is 0.917 bits per heavy atom. The lowest BCUT2D eigenvalue weighted by Gasteiger charge is -2.11. The van der Waals surface area contributed by atoms with Crippen LogP contribution in [-0.2, 0) is 0 Å². The summed E-state index contributed by atoms with van der Waals surface area (Å²) in [6.45, 7) is 0. The molecule has 0 radical (unpaired) electrons. The van der Waals surface area contributed by atoms with Crippen LogP contribution in [0.15, 0.2) is 48.8 Å². The first-order valence-corrected chi connectivity index (χ1v) is 6.72. The number of ether oxygens (including phenoxy) is 1. The number of hydrogen-bond donors (Lipinski definition) is 0. The first-order valence-electron chi connectivity index (χ1n) is 6.72. The molecule has 0 aliphatic carbocycles. The lowest BCUT2D eigenvalue weighted by Crippen LogP contribution is -2.17. The fraction of sp³-hybridized carbons (Fsp3) is 0.125. The summed E-state index contributed by atoms with van der Waals surface area (Å²) in [5, 5.41) is 0.318. The zero-order chi connectivity index (χ0) is 17.3. The molecule has 0 N–H and O–H groups in total. The molecule has 3 aromatic rings. The maximum atomic E-state index is 12.8. The molecule has 8 heteroatoms. The Bertz CT molecular complexity index is 880. The standard InChI is InChI=1S/C16H9F5N2O/c17-15(18)9-3-5-23-14(7-9)11-4-6-22-13-2-1-10(8-12(11)13)24-16(19,20)21/h1-8,15H. The maximum Gasteiger partial charge on any atom is 0.573 e. The highest BCUT2D eigenvalue weighted by molar-refractivity contribution is 5.94. The fourth-order valence-corrected chi connectivity index (χ4v) is 2.28. The molecule has 2 heterocycles. The van der Waals surface area contributed by atoms with Gasteiger partial charge in [-0.05, 0) is 36.4 Å². The third-order valence-electron chi connectivity index (χ3n) is 3.26. The predicted molar refractivity (Wildman–Crippen MR) is 76.6 cm³/mol. The highest BCUT2D eigenvalue weighted by Gasteiger charge is 2.31. The summed E-state index contributed by atoms with van der Waals surface area (Å²) in [6, 6.07) is 7.51. The SMILES string of the molecule is FC(F)c1ccnc(-c2ccnc3ccc(OC(F)(F)F)cc23)c1. The topological polar surface area (TPSA) is 35.0 Å². The minimum Gasteiger partial charge on any atom is -0.406 e. The molecule has 0 saturated heterocycles. The van der Waals surface area contributed by atoms with Gasteiger partial charge in [-0.2, -0.15) is 0 Å². The molecule has 2 aromatic heterocycles. The van der Waals surface area contributed by atoms with Crippen molar-refractivity contribution in [3.8, 4) is 17.0 Å². The van der Waals surface area contributed by atoms with Gasteiger partial charge >= 0.3 is 6.36 Å². The van der Waals surface area contributed by atoms with Crippen LogP contribution in [0.1, 0.15) is 12.0 Å². The third kappa shape index (κ3) is 3.42. The summed E-state index contributed by atoms with van der Waals surface area (Å²) < 4.78 is 66.7. The van der Waals surface area contributed by atoms with Gasteiger partial charge in [0.15, 0.2) is 0 Å². The van der Waals surface area contributed by atoms with Crippen molar-refractivity contribution >= 4 is 10.9 Å². The highest BCUT2D eigenvalue weighted by atomic mass is 19.4. The molecule has 0 fully saturated rings. The summed E-state index contributed by atoms with van der Waals surface area (Å²) in [6.07, 6.45) is -4.86. The van der Waals surface area contributed by atoms with Crippen molar-refractivity contribution in [2.45, 2.75) is 12.8 Å². The molecule has 0 atom stereocenters. The molecule has 124 valence electrons. The number of aromatic nitrogens is 2. The Kier molecular flexibility index (Phi) is 4.04. The first-order chi connectivity index (χ1) is 11.3. The summed E-state index contributed by atoms with van der Waals surface area (Å²) in [5.41, 5.74) is 0.762. The van der Waals surface area contributed by atoms with E-state index < -0.39 is 18.5 Å². The number of nitrogens with zero attached hydrogens (tertiary/aromatic N) is 2. The Hall–Kier alpha value is -2.77. The molecule has 3 nitrogen and oxygen atoms in total. The van der Waals surface area contributed by atoms with Crippen LogP contribution >= 0.6 is 0 Å². The Morgan fingerprint density at radius 3 is 2.38 bits per heavy atom. The molecular formula is C16H9F5N2O. The average molecular weight is 340 g/mol. The van der Waals surface area contributed by atoms with Crippen LogP contribution in [0.4, 0.5) is 22.0 Å². The van der Waals surface area contributed by atoms with Gasteiger partial charge in [0.05, 0.1) is 11.2 Å². The van der Waals surface area contributed by atoms with Crippen LogP contribution in [0, 0.1) is 0 Å². The van der Waals surface area contributed by atoms with E-state index in [1.165, 1.54) is 36.7 Å². The van der Waals surface area contributed by atoms with Gasteiger partial charge in [-0.25, -0.2) is 8.78 Å². The molecule has 0 bridgehead atoms. The molecule has 0 unspecified atom stereocenters. The van der Waals surface area contributed by atoms with E-state index in [0.29, 0.717) is 16.5 Å². The molecule has 0 aliphatic rings. The van der Waals surface area contributed by atoms with Crippen molar-refractivity contribution in [1.82, 2.24) is 9.97 Å². The van der Waals surface area contributed by atoms with Gasteiger partial charge < -0.3 is 4.74 Å². The fourth-order valence-electron chi connectivity index (χ4n) is 2.28. The van der Waals surface area contributed by atoms with Crippen LogP contribution in [0.25, 0.3) is 22.2 Å². The molecule has 24 heavy (non-hydrogen) atoms. The summed E-state index contributed by atoms with van der Waals surface area (Å²) >= 11 is 0. The quantitative estimate of drug-likeness (QED) is 0.620. The van der Waals surface area contributed by atoms with E-state index in [4.69, 9.17) is 0 Å². The summed E-state index contributed by atoms with van der Waals surface area (Å²) in [7, 11) is 0. The summed E-state index contributed by atoms with van der Waals surface area (Å²) in [4.78, 5) is 8.07. The molecular weight excluding hydrogens is 331 g/mol. The van der Waals surface area contributed by atoms with Crippen molar-refractivity contribution in [3.63, 3.8) is 0 Å². The number of hydrogen-bond acceptors (Lipinski definition) is 3. The van der Waals surface area contributed by atoms with Crippen molar-refractivity contribution in [1.29, 1.82) is 0 Å². The van der Waals surface area contributed by atoms with Gasteiger partial charge in [-0.1, -0.05) is 0 Å². The molecule has 0 spiro atoms. The van der Waals surface area contributed by atoms with E-state index in [-0.39, 0.29) is 11.3 Å².